The average molecular weight is 285 g/mol. The Balaban J connectivity index is 2.93. The molecule has 1 saturated carbocycles. The SMILES string of the molecule is CC1CC(C)(C)CC(NC(=O)OC(C)(C)C)(C(=O)O)C1. The van der Waals surface area contributed by atoms with Crippen LogP contribution in [0.25, 0.3) is 0 Å². The second-order valence-electron chi connectivity index (χ2n) is 7.87. The van der Waals surface area contributed by atoms with Crippen molar-refractivity contribution < 1.29 is 19.4 Å². The molecule has 1 aliphatic carbocycles. The van der Waals surface area contributed by atoms with Crippen molar-refractivity contribution in [3.63, 3.8) is 0 Å². The molecule has 2 atom stereocenters. The lowest BCUT2D eigenvalue weighted by Gasteiger charge is -2.45. The van der Waals surface area contributed by atoms with Gasteiger partial charge in [-0.3, -0.25) is 0 Å². The van der Waals surface area contributed by atoms with Crippen LogP contribution in [-0.2, 0) is 9.53 Å². The fraction of sp³-hybridized carbons (Fsp3) is 0.867. The highest BCUT2D eigenvalue weighted by Gasteiger charge is 2.49. The molecule has 2 N–H and O–H groups in total. The lowest BCUT2D eigenvalue weighted by atomic mass is 9.64. The Labute approximate surface area is 121 Å². The zero-order valence-corrected chi connectivity index (χ0v) is 13.4. The largest absolute Gasteiger partial charge is 0.480 e. The smallest absolute Gasteiger partial charge is 0.408 e. The predicted octanol–water partition coefficient (Wildman–Crippen LogP) is 3.18. The number of rotatable bonds is 2. The molecule has 2 unspecified atom stereocenters. The van der Waals surface area contributed by atoms with Gasteiger partial charge in [0.15, 0.2) is 0 Å². The number of hydrogen-bond donors (Lipinski definition) is 2. The van der Waals surface area contributed by atoms with Gasteiger partial charge in [0.05, 0.1) is 0 Å². The van der Waals surface area contributed by atoms with Crippen LogP contribution in [-0.4, -0.2) is 28.3 Å². The van der Waals surface area contributed by atoms with Crippen molar-refractivity contribution in [2.45, 2.75) is 71.9 Å². The predicted molar refractivity (Wildman–Crippen MR) is 76.5 cm³/mol. The Bertz CT molecular complexity index is 397. The van der Waals surface area contributed by atoms with Gasteiger partial charge in [0.25, 0.3) is 0 Å². The van der Waals surface area contributed by atoms with Crippen LogP contribution in [0.5, 0.6) is 0 Å². The van der Waals surface area contributed by atoms with E-state index in [-0.39, 0.29) is 11.3 Å². The Hall–Kier alpha value is -1.26. The summed E-state index contributed by atoms with van der Waals surface area (Å²) in [6.45, 7) is 11.4. The van der Waals surface area contributed by atoms with Gasteiger partial charge in [0, 0.05) is 0 Å². The number of carbonyl (C=O) groups is 2. The summed E-state index contributed by atoms with van der Waals surface area (Å²) in [5, 5.41) is 12.2. The van der Waals surface area contributed by atoms with Gasteiger partial charge in [-0.1, -0.05) is 20.8 Å². The molecule has 1 aliphatic rings. The van der Waals surface area contributed by atoms with E-state index in [9.17, 15) is 14.7 Å². The number of hydrogen-bond acceptors (Lipinski definition) is 3. The molecular weight excluding hydrogens is 258 g/mol. The second kappa shape index (κ2) is 5.26. The van der Waals surface area contributed by atoms with Crippen molar-refractivity contribution in [3.05, 3.63) is 0 Å². The number of amides is 1. The summed E-state index contributed by atoms with van der Waals surface area (Å²) in [6, 6.07) is 0. The molecule has 0 aliphatic heterocycles. The molecule has 116 valence electrons. The number of nitrogens with one attached hydrogen (secondary N) is 1. The lowest BCUT2D eigenvalue weighted by molar-refractivity contribution is -0.149. The minimum atomic E-state index is -1.23. The summed E-state index contributed by atoms with van der Waals surface area (Å²) < 4.78 is 5.21. The van der Waals surface area contributed by atoms with E-state index in [1.54, 1.807) is 20.8 Å². The molecule has 20 heavy (non-hydrogen) atoms. The monoisotopic (exact) mass is 285 g/mol. The minimum Gasteiger partial charge on any atom is -0.480 e. The first kappa shape index (κ1) is 16.8. The highest BCUT2D eigenvalue weighted by atomic mass is 16.6. The maximum atomic E-state index is 12.0. The van der Waals surface area contributed by atoms with Gasteiger partial charge in [-0.15, -0.1) is 0 Å². The topological polar surface area (TPSA) is 75.6 Å². The fourth-order valence-corrected chi connectivity index (χ4v) is 3.38. The maximum absolute atomic E-state index is 12.0. The van der Waals surface area contributed by atoms with E-state index in [0.717, 1.165) is 6.42 Å². The zero-order valence-electron chi connectivity index (χ0n) is 13.4. The van der Waals surface area contributed by atoms with Gasteiger partial charge in [-0.05, 0) is 51.4 Å². The molecule has 0 spiro atoms. The van der Waals surface area contributed by atoms with E-state index in [0.29, 0.717) is 12.8 Å². The third-order valence-electron chi connectivity index (χ3n) is 3.53. The summed E-state index contributed by atoms with van der Waals surface area (Å²) in [7, 11) is 0. The van der Waals surface area contributed by atoms with Crippen molar-refractivity contribution in [1.29, 1.82) is 0 Å². The van der Waals surface area contributed by atoms with Gasteiger partial charge in [0.1, 0.15) is 11.1 Å². The summed E-state index contributed by atoms with van der Waals surface area (Å²) in [5.41, 5.74) is -1.99. The van der Waals surface area contributed by atoms with E-state index in [4.69, 9.17) is 4.74 Å². The Morgan fingerprint density at radius 2 is 1.80 bits per heavy atom. The molecule has 0 aromatic carbocycles. The minimum absolute atomic E-state index is 0.120. The third-order valence-corrected chi connectivity index (χ3v) is 3.53. The Morgan fingerprint density at radius 3 is 2.20 bits per heavy atom. The molecule has 1 amide bonds. The van der Waals surface area contributed by atoms with E-state index < -0.39 is 23.2 Å². The first-order chi connectivity index (χ1) is 8.85. The van der Waals surface area contributed by atoms with Gasteiger partial charge in [-0.25, -0.2) is 9.59 Å². The molecule has 1 rings (SSSR count). The van der Waals surface area contributed by atoms with Crippen LogP contribution in [0.4, 0.5) is 4.79 Å². The summed E-state index contributed by atoms with van der Waals surface area (Å²) in [5.74, 6) is -0.743. The van der Waals surface area contributed by atoms with Gasteiger partial charge < -0.3 is 15.2 Å². The van der Waals surface area contributed by atoms with E-state index in [1.165, 1.54) is 0 Å². The first-order valence-electron chi connectivity index (χ1n) is 7.10. The summed E-state index contributed by atoms with van der Waals surface area (Å²) in [6.07, 6.45) is 1.15. The molecule has 0 bridgehead atoms. The van der Waals surface area contributed by atoms with Crippen LogP contribution in [0.15, 0.2) is 0 Å². The number of carbonyl (C=O) groups excluding carboxylic acids is 1. The average Bonchev–Trinajstić information content (AvgIpc) is 2.09. The standard InChI is InChI=1S/C15H27NO4/c1-10-7-14(5,6)9-15(8-10,11(17)18)16-12(19)20-13(2,3)4/h10H,7-9H2,1-6H3,(H,16,19)(H,17,18). The molecule has 0 aromatic heterocycles. The quantitative estimate of drug-likeness (QED) is 0.817. The molecule has 0 saturated heterocycles. The summed E-state index contributed by atoms with van der Waals surface area (Å²) in [4.78, 5) is 23.7. The van der Waals surface area contributed by atoms with Crippen molar-refractivity contribution >= 4 is 12.1 Å². The lowest BCUT2D eigenvalue weighted by Crippen LogP contribution is -2.60. The van der Waals surface area contributed by atoms with Crippen LogP contribution in [0.1, 0.15) is 60.8 Å². The number of carboxylic acids is 1. The van der Waals surface area contributed by atoms with Crippen LogP contribution in [0.2, 0.25) is 0 Å². The highest BCUT2D eigenvalue weighted by Crippen LogP contribution is 2.44. The van der Waals surface area contributed by atoms with Crippen molar-refractivity contribution in [1.82, 2.24) is 5.32 Å². The number of aliphatic carboxylic acids is 1. The highest BCUT2D eigenvalue weighted by molar-refractivity contribution is 5.84. The van der Waals surface area contributed by atoms with Gasteiger partial charge in [0.2, 0.25) is 0 Å². The number of carboxylic acid groups (broad SMARTS) is 1. The molecule has 5 nitrogen and oxygen atoms in total. The normalized spacial score (nSPS) is 29.6. The van der Waals surface area contributed by atoms with Gasteiger partial charge in [-0.2, -0.15) is 0 Å². The maximum Gasteiger partial charge on any atom is 0.408 e. The molecule has 5 heteroatoms. The first-order valence-corrected chi connectivity index (χ1v) is 7.10. The van der Waals surface area contributed by atoms with E-state index in [1.807, 2.05) is 20.8 Å². The second-order valence-corrected chi connectivity index (χ2v) is 7.87. The number of alkyl carbamates (subject to hydrolysis) is 1. The molecule has 0 heterocycles. The fourth-order valence-electron chi connectivity index (χ4n) is 3.38. The molecule has 0 radical (unpaired) electrons. The third kappa shape index (κ3) is 4.39. The molecular formula is C15H27NO4. The van der Waals surface area contributed by atoms with Crippen molar-refractivity contribution in [2.24, 2.45) is 11.3 Å². The van der Waals surface area contributed by atoms with Gasteiger partial charge >= 0.3 is 12.1 Å². The van der Waals surface area contributed by atoms with Crippen LogP contribution in [0.3, 0.4) is 0 Å². The Kier molecular flexibility index (Phi) is 4.42. The number of ether oxygens (including phenoxy) is 1. The Morgan fingerprint density at radius 1 is 1.25 bits per heavy atom. The van der Waals surface area contributed by atoms with Crippen LogP contribution < -0.4 is 5.32 Å². The van der Waals surface area contributed by atoms with Crippen molar-refractivity contribution in [3.8, 4) is 0 Å². The molecule has 1 fully saturated rings. The zero-order chi connectivity index (χ0) is 15.8. The van der Waals surface area contributed by atoms with Crippen molar-refractivity contribution in [2.75, 3.05) is 0 Å². The van der Waals surface area contributed by atoms with Crippen LogP contribution in [0, 0.1) is 11.3 Å². The van der Waals surface area contributed by atoms with E-state index >= 15 is 0 Å². The van der Waals surface area contributed by atoms with Crippen LogP contribution >= 0.6 is 0 Å². The summed E-state index contributed by atoms with van der Waals surface area (Å²) >= 11 is 0. The molecule has 0 aromatic rings. The van der Waals surface area contributed by atoms with E-state index in [2.05, 4.69) is 5.32 Å².